The number of carbonyl (C=O) groups excluding carboxylic acids is 1. The molecule has 3 aromatic rings. The summed E-state index contributed by atoms with van der Waals surface area (Å²) >= 11 is 1.11. The minimum Gasteiger partial charge on any atom is -0.496 e. The first-order valence-electron chi connectivity index (χ1n) is 8.11. The zero-order valence-corrected chi connectivity index (χ0v) is 15.5. The number of halogens is 2. The lowest BCUT2D eigenvalue weighted by Crippen LogP contribution is -2.20. The average Bonchev–Trinajstić information content (AvgIpc) is 3.01. The van der Waals surface area contributed by atoms with Gasteiger partial charge in [0.1, 0.15) is 11.5 Å². The average molecular weight is 403 g/mol. The van der Waals surface area contributed by atoms with E-state index in [4.69, 9.17) is 4.74 Å². The second-order valence-electron chi connectivity index (χ2n) is 5.59. The number of aromatic nitrogens is 1. The van der Waals surface area contributed by atoms with Gasteiger partial charge in [0.2, 0.25) is 0 Å². The number of thiazole rings is 1. The molecule has 1 heterocycles. The number of rotatable bonds is 6. The fourth-order valence-corrected chi connectivity index (χ4v) is 3.35. The van der Waals surface area contributed by atoms with Crippen molar-refractivity contribution in [2.24, 2.45) is 0 Å². The largest absolute Gasteiger partial charge is 0.496 e. The summed E-state index contributed by atoms with van der Waals surface area (Å²) in [6.45, 7) is -2.89. The van der Waals surface area contributed by atoms with Crippen molar-refractivity contribution in [3.63, 3.8) is 0 Å². The smallest absolute Gasteiger partial charge is 0.387 e. The van der Waals surface area contributed by atoms with E-state index in [0.717, 1.165) is 11.3 Å². The molecule has 0 saturated carbocycles. The Hall–Kier alpha value is -3.26. The van der Waals surface area contributed by atoms with Crippen LogP contribution in [0, 0.1) is 0 Å². The zero-order valence-electron chi connectivity index (χ0n) is 14.6. The van der Waals surface area contributed by atoms with Gasteiger partial charge in [0.15, 0.2) is 5.78 Å². The standard InChI is InChI=1S/C20H15F2NO4S/c1-26-16-5-3-2-4-14(16)15(24)11-18-23-19(25)17(28-18)10-12-6-8-13(9-7-12)27-20(21)22/h2-11,20H,1H3,(H,23,25)/b17-10+,18-11+. The summed E-state index contributed by atoms with van der Waals surface area (Å²) in [4.78, 5) is 27.2. The molecule has 8 heteroatoms. The highest BCUT2D eigenvalue weighted by atomic mass is 32.1. The minimum atomic E-state index is -2.89. The molecule has 0 bridgehead atoms. The van der Waals surface area contributed by atoms with Gasteiger partial charge in [-0.1, -0.05) is 24.3 Å². The predicted molar refractivity (Wildman–Crippen MR) is 103 cm³/mol. The van der Waals surface area contributed by atoms with E-state index in [2.05, 4.69) is 9.72 Å². The highest BCUT2D eigenvalue weighted by Gasteiger charge is 2.09. The summed E-state index contributed by atoms with van der Waals surface area (Å²) in [5.74, 6) is 0.180. The van der Waals surface area contributed by atoms with Gasteiger partial charge < -0.3 is 14.5 Å². The Labute approximate surface area is 162 Å². The predicted octanol–water partition coefficient (Wildman–Crippen LogP) is 2.54. The van der Waals surface area contributed by atoms with Crippen LogP contribution in [0.4, 0.5) is 8.78 Å². The zero-order chi connectivity index (χ0) is 20.1. The normalized spacial score (nSPS) is 12.4. The number of alkyl halides is 2. The molecule has 0 aliphatic carbocycles. The molecule has 0 unspecified atom stereocenters. The Morgan fingerprint density at radius 2 is 1.86 bits per heavy atom. The monoisotopic (exact) mass is 403 g/mol. The maximum atomic E-state index is 12.5. The molecule has 28 heavy (non-hydrogen) atoms. The molecule has 144 valence electrons. The fraction of sp³-hybridized carbons (Fsp3) is 0.100. The van der Waals surface area contributed by atoms with Crippen molar-refractivity contribution in [3.05, 3.63) is 79.2 Å². The van der Waals surface area contributed by atoms with Crippen molar-refractivity contribution in [3.8, 4) is 11.5 Å². The molecular weight excluding hydrogens is 388 g/mol. The van der Waals surface area contributed by atoms with Gasteiger partial charge in [-0.3, -0.25) is 9.59 Å². The van der Waals surface area contributed by atoms with E-state index in [1.54, 1.807) is 42.5 Å². The second kappa shape index (κ2) is 8.62. The second-order valence-corrected chi connectivity index (χ2v) is 6.67. The summed E-state index contributed by atoms with van der Waals surface area (Å²) in [5, 5.41) is 0. The quantitative estimate of drug-likeness (QED) is 0.643. The molecule has 2 aromatic carbocycles. The van der Waals surface area contributed by atoms with Crippen LogP contribution in [0.2, 0.25) is 0 Å². The first-order valence-corrected chi connectivity index (χ1v) is 8.93. The number of carbonyl (C=O) groups is 1. The van der Waals surface area contributed by atoms with Crippen LogP contribution in [-0.4, -0.2) is 24.5 Å². The van der Waals surface area contributed by atoms with Gasteiger partial charge in [0.25, 0.3) is 5.56 Å². The van der Waals surface area contributed by atoms with E-state index >= 15 is 0 Å². The summed E-state index contributed by atoms with van der Waals surface area (Å²) in [6, 6.07) is 12.7. The minimum absolute atomic E-state index is 0.0312. The number of H-pyrrole nitrogens is 1. The molecule has 0 aliphatic rings. The number of benzene rings is 2. The van der Waals surface area contributed by atoms with Gasteiger partial charge >= 0.3 is 6.61 Å². The molecule has 1 N–H and O–H groups in total. The van der Waals surface area contributed by atoms with Gasteiger partial charge in [0.05, 0.1) is 21.9 Å². The van der Waals surface area contributed by atoms with Crippen LogP contribution in [0.3, 0.4) is 0 Å². The number of methoxy groups -OCH3 is 1. The molecule has 0 amide bonds. The lowest BCUT2D eigenvalue weighted by Gasteiger charge is -2.03. The number of nitrogens with one attached hydrogen (secondary N) is 1. The van der Waals surface area contributed by atoms with E-state index in [-0.39, 0.29) is 17.1 Å². The third kappa shape index (κ3) is 4.72. The topological polar surface area (TPSA) is 68.4 Å². The number of ketones is 1. The molecule has 0 spiro atoms. The van der Waals surface area contributed by atoms with Crippen molar-refractivity contribution < 1.29 is 23.0 Å². The van der Waals surface area contributed by atoms with Gasteiger partial charge in [-0.05, 0) is 35.9 Å². The first kappa shape index (κ1) is 19.5. The highest BCUT2D eigenvalue weighted by Crippen LogP contribution is 2.18. The first-order chi connectivity index (χ1) is 13.5. The maximum absolute atomic E-state index is 12.5. The van der Waals surface area contributed by atoms with Crippen LogP contribution in [0.5, 0.6) is 11.5 Å². The number of ether oxygens (including phenoxy) is 2. The van der Waals surface area contributed by atoms with E-state index < -0.39 is 6.61 Å². The lowest BCUT2D eigenvalue weighted by molar-refractivity contribution is -0.0498. The Morgan fingerprint density at radius 3 is 2.54 bits per heavy atom. The van der Waals surface area contributed by atoms with Crippen LogP contribution in [0.15, 0.2) is 53.3 Å². The van der Waals surface area contributed by atoms with Crippen molar-refractivity contribution in [2.45, 2.75) is 6.61 Å². The van der Waals surface area contributed by atoms with E-state index in [9.17, 15) is 18.4 Å². The molecule has 0 atom stereocenters. The van der Waals surface area contributed by atoms with Gasteiger partial charge in [-0.15, -0.1) is 11.3 Å². The van der Waals surface area contributed by atoms with Crippen molar-refractivity contribution in [1.29, 1.82) is 0 Å². The Balaban J connectivity index is 1.90. The summed E-state index contributed by atoms with van der Waals surface area (Å²) in [6.07, 6.45) is 2.93. The summed E-state index contributed by atoms with van der Waals surface area (Å²) in [7, 11) is 1.48. The number of aromatic amines is 1. The third-order valence-corrected chi connectivity index (χ3v) is 4.68. The van der Waals surface area contributed by atoms with Crippen LogP contribution in [0.1, 0.15) is 15.9 Å². The van der Waals surface area contributed by atoms with E-state index in [0.29, 0.717) is 26.1 Å². The van der Waals surface area contributed by atoms with Crippen molar-refractivity contribution >= 4 is 29.3 Å². The molecule has 1 aromatic heterocycles. The maximum Gasteiger partial charge on any atom is 0.387 e. The van der Waals surface area contributed by atoms with Crippen molar-refractivity contribution in [2.75, 3.05) is 7.11 Å². The molecule has 0 saturated heterocycles. The molecular formula is C20H15F2NO4S. The van der Waals surface area contributed by atoms with Crippen LogP contribution in [0.25, 0.3) is 12.2 Å². The molecule has 0 aliphatic heterocycles. The van der Waals surface area contributed by atoms with Crippen LogP contribution >= 0.6 is 11.3 Å². The fourth-order valence-electron chi connectivity index (χ4n) is 2.47. The lowest BCUT2D eigenvalue weighted by atomic mass is 10.1. The van der Waals surface area contributed by atoms with Gasteiger partial charge in [-0.2, -0.15) is 8.78 Å². The van der Waals surface area contributed by atoms with Gasteiger partial charge in [-0.25, -0.2) is 0 Å². The van der Waals surface area contributed by atoms with Crippen molar-refractivity contribution in [1.82, 2.24) is 4.98 Å². The Kier molecular flexibility index (Phi) is 6.00. The Bertz CT molecular complexity index is 1150. The molecule has 0 radical (unpaired) electrons. The van der Waals surface area contributed by atoms with Crippen LogP contribution < -0.4 is 24.2 Å². The van der Waals surface area contributed by atoms with E-state index in [1.165, 1.54) is 25.3 Å². The molecule has 5 nitrogen and oxygen atoms in total. The van der Waals surface area contributed by atoms with E-state index in [1.807, 2.05) is 0 Å². The third-order valence-electron chi connectivity index (χ3n) is 3.72. The molecule has 3 rings (SSSR count). The summed E-state index contributed by atoms with van der Waals surface area (Å²) < 4.78 is 34.6. The molecule has 0 fully saturated rings. The number of Topliss-reactive ketones (excluding diaryl/α,β-unsaturated/α-hetero) is 1. The van der Waals surface area contributed by atoms with Crippen LogP contribution in [-0.2, 0) is 0 Å². The highest BCUT2D eigenvalue weighted by molar-refractivity contribution is 7.07. The van der Waals surface area contributed by atoms with Gasteiger partial charge in [0, 0.05) is 6.08 Å². The SMILES string of the molecule is COc1ccccc1C(=O)/C=c1\[nH]c(=O)/c(=C\c2ccc(OC(F)F)cc2)s1. The number of hydrogen-bond donors (Lipinski definition) is 1. The number of hydrogen-bond acceptors (Lipinski definition) is 5. The summed E-state index contributed by atoms with van der Waals surface area (Å²) in [5.41, 5.74) is 0.674. The number of para-hydroxylation sites is 1. The Morgan fingerprint density at radius 1 is 1.14 bits per heavy atom.